The van der Waals surface area contributed by atoms with Gasteiger partial charge in [0, 0.05) is 6.07 Å². The van der Waals surface area contributed by atoms with Crippen molar-refractivity contribution in [2.75, 3.05) is 6.61 Å². The highest BCUT2D eigenvalue weighted by atomic mass is 35.5. The van der Waals surface area contributed by atoms with Crippen LogP contribution in [0.15, 0.2) is 12.3 Å². The maximum Gasteiger partial charge on any atom is 0.337 e. The minimum Gasteiger partial charge on any atom is -0.478 e. The molecular formula is C12H14ClNO3. The minimum atomic E-state index is -1.07. The van der Waals surface area contributed by atoms with Crippen LogP contribution in [0, 0.1) is 5.92 Å². The molecule has 5 heteroatoms. The maximum atomic E-state index is 10.9. The van der Waals surface area contributed by atoms with Gasteiger partial charge in [0.2, 0.25) is 5.88 Å². The summed E-state index contributed by atoms with van der Waals surface area (Å²) in [6.07, 6.45) is 6.18. The van der Waals surface area contributed by atoms with E-state index in [-0.39, 0.29) is 10.6 Å². The number of carbonyl (C=O) groups is 1. The van der Waals surface area contributed by atoms with Crippen molar-refractivity contribution in [3.63, 3.8) is 0 Å². The highest BCUT2D eigenvalue weighted by Gasteiger charge is 2.16. The Labute approximate surface area is 105 Å². The summed E-state index contributed by atoms with van der Waals surface area (Å²) in [7, 11) is 0. The standard InChI is InChI=1S/C12H14ClNO3/c13-10-6-14-11(5-9(10)12(15)16)17-7-8-3-1-2-4-8/h5-6,8H,1-4,7H2,(H,15,16). The molecule has 0 saturated heterocycles. The molecule has 2 rings (SSSR count). The second kappa shape index (κ2) is 5.36. The van der Waals surface area contributed by atoms with Gasteiger partial charge in [0.25, 0.3) is 0 Å². The van der Waals surface area contributed by atoms with E-state index in [2.05, 4.69) is 4.98 Å². The smallest absolute Gasteiger partial charge is 0.337 e. The Morgan fingerprint density at radius 2 is 2.24 bits per heavy atom. The number of nitrogens with zero attached hydrogens (tertiary/aromatic N) is 1. The Morgan fingerprint density at radius 1 is 1.53 bits per heavy atom. The number of halogens is 1. The molecule has 0 aromatic carbocycles. The lowest BCUT2D eigenvalue weighted by Gasteiger charge is -2.11. The van der Waals surface area contributed by atoms with Crippen LogP contribution in [-0.2, 0) is 0 Å². The zero-order chi connectivity index (χ0) is 12.3. The minimum absolute atomic E-state index is 0.0306. The predicted molar refractivity (Wildman–Crippen MR) is 63.7 cm³/mol. The van der Waals surface area contributed by atoms with Crippen molar-refractivity contribution in [2.45, 2.75) is 25.7 Å². The van der Waals surface area contributed by atoms with Gasteiger partial charge in [-0.3, -0.25) is 0 Å². The van der Waals surface area contributed by atoms with Crippen molar-refractivity contribution < 1.29 is 14.6 Å². The van der Waals surface area contributed by atoms with Gasteiger partial charge in [0.1, 0.15) is 0 Å². The fourth-order valence-electron chi connectivity index (χ4n) is 2.04. The summed E-state index contributed by atoms with van der Waals surface area (Å²) in [5.74, 6) is -0.164. The van der Waals surface area contributed by atoms with E-state index in [0.717, 1.165) is 0 Å². The van der Waals surface area contributed by atoms with Gasteiger partial charge >= 0.3 is 5.97 Å². The molecule has 1 aliphatic carbocycles. The van der Waals surface area contributed by atoms with Crippen molar-refractivity contribution in [1.29, 1.82) is 0 Å². The molecule has 1 aromatic rings. The molecule has 4 nitrogen and oxygen atoms in total. The molecule has 0 amide bonds. The number of pyridine rings is 1. The summed E-state index contributed by atoms with van der Waals surface area (Å²) in [5.41, 5.74) is 0.0306. The number of aromatic carboxylic acids is 1. The van der Waals surface area contributed by atoms with Crippen LogP contribution < -0.4 is 4.74 Å². The fourth-order valence-corrected chi connectivity index (χ4v) is 2.23. The van der Waals surface area contributed by atoms with E-state index in [0.29, 0.717) is 18.4 Å². The molecule has 17 heavy (non-hydrogen) atoms. The summed E-state index contributed by atoms with van der Waals surface area (Å²) in [4.78, 5) is 14.8. The molecule has 1 saturated carbocycles. The average molecular weight is 256 g/mol. The zero-order valence-corrected chi connectivity index (χ0v) is 10.1. The van der Waals surface area contributed by atoms with E-state index in [9.17, 15) is 4.79 Å². The summed E-state index contributed by atoms with van der Waals surface area (Å²) < 4.78 is 5.50. The van der Waals surface area contributed by atoms with Crippen molar-refractivity contribution in [2.24, 2.45) is 5.92 Å². The molecule has 92 valence electrons. The van der Waals surface area contributed by atoms with Gasteiger partial charge < -0.3 is 9.84 Å². The first-order valence-corrected chi connectivity index (χ1v) is 6.06. The van der Waals surface area contributed by atoms with E-state index >= 15 is 0 Å². The van der Waals surface area contributed by atoms with Crippen LogP contribution in [-0.4, -0.2) is 22.7 Å². The van der Waals surface area contributed by atoms with E-state index in [4.69, 9.17) is 21.4 Å². The third-order valence-corrected chi connectivity index (χ3v) is 3.30. The lowest BCUT2D eigenvalue weighted by Crippen LogP contribution is -2.09. The van der Waals surface area contributed by atoms with Gasteiger partial charge in [-0.1, -0.05) is 24.4 Å². The fraction of sp³-hybridized carbons (Fsp3) is 0.500. The van der Waals surface area contributed by atoms with Gasteiger partial charge in [-0.15, -0.1) is 0 Å². The first-order chi connectivity index (χ1) is 8.16. The molecule has 1 heterocycles. The Kier molecular flexibility index (Phi) is 3.84. The number of rotatable bonds is 4. The van der Waals surface area contributed by atoms with Crippen LogP contribution in [0.4, 0.5) is 0 Å². The summed E-state index contributed by atoms with van der Waals surface area (Å²) in [5, 5.41) is 9.03. The van der Waals surface area contributed by atoms with Crippen LogP contribution in [0.3, 0.4) is 0 Å². The Hall–Kier alpha value is -1.29. The number of carboxylic acids is 1. The van der Waals surface area contributed by atoms with Crippen molar-refractivity contribution >= 4 is 17.6 Å². The van der Waals surface area contributed by atoms with E-state index in [1.54, 1.807) is 0 Å². The number of aromatic nitrogens is 1. The summed E-state index contributed by atoms with van der Waals surface area (Å²) in [6, 6.07) is 1.37. The van der Waals surface area contributed by atoms with Crippen LogP contribution in [0.25, 0.3) is 0 Å². The molecular weight excluding hydrogens is 242 g/mol. The number of hydrogen-bond acceptors (Lipinski definition) is 3. The van der Waals surface area contributed by atoms with Crippen LogP contribution in [0.2, 0.25) is 5.02 Å². The topological polar surface area (TPSA) is 59.4 Å². The van der Waals surface area contributed by atoms with E-state index in [1.165, 1.54) is 37.9 Å². The van der Waals surface area contributed by atoms with E-state index < -0.39 is 5.97 Å². The number of hydrogen-bond donors (Lipinski definition) is 1. The second-order valence-corrected chi connectivity index (χ2v) is 4.68. The highest BCUT2D eigenvalue weighted by molar-refractivity contribution is 6.33. The van der Waals surface area contributed by atoms with Gasteiger partial charge in [-0.05, 0) is 18.8 Å². The first-order valence-electron chi connectivity index (χ1n) is 5.68. The molecule has 0 atom stereocenters. The molecule has 0 radical (unpaired) electrons. The van der Waals surface area contributed by atoms with Gasteiger partial charge in [0.15, 0.2) is 0 Å². The molecule has 1 fully saturated rings. The van der Waals surface area contributed by atoms with Gasteiger partial charge in [0.05, 0.1) is 23.4 Å². The Morgan fingerprint density at radius 3 is 2.88 bits per heavy atom. The SMILES string of the molecule is O=C(O)c1cc(OCC2CCCC2)ncc1Cl. The van der Waals surface area contributed by atoms with Gasteiger partial charge in [-0.25, -0.2) is 9.78 Å². The molecule has 1 aromatic heterocycles. The van der Waals surface area contributed by atoms with Crippen molar-refractivity contribution in [3.8, 4) is 5.88 Å². The normalized spacial score (nSPS) is 16.1. The van der Waals surface area contributed by atoms with Crippen LogP contribution >= 0.6 is 11.6 Å². The predicted octanol–water partition coefficient (Wildman–Crippen LogP) is 3.00. The summed E-state index contributed by atoms with van der Waals surface area (Å²) >= 11 is 5.72. The largest absolute Gasteiger partial charge is 0.478 e. The molecule has 1 N–H and O–H groups in total. The third kappa shape index (κ3) is 3.09. The average Bonchev–Trinajstić information content (AvgIpc) is 2.80. The number of ether oxygens (including phenoxy) is 1. The van der Waals surface area contributed by atoms with E-state index in [1.807, 2.05) is 0 Å². The monoisotopic (exact) mass is 255 g/mol. The number of carboxylic acid groups (broad SMARTS) is 1. The molecule has 0 bridgehead atoms. The maximum absolute atomic E-state index is 10.9. The molecule has 0 spiro atoms. The Bertz CT molecular complexity index is 416. The zero-order valence-electron chi connectivity index (χ0n) is 9.36. The Balaban J connectivity index is 2.00. The first kappa shape index (κ1) is 12.2. The van der Waals surface area contributed by atoms with Crippen LogP contribution in [0.5, 0.6) is 5.88 Å². The molecule has 1 aliphatic rings. The molecule has 0 aliphatic heterocycles. The summed E-state index contributed by atoms with van der Waals surface area (Å²) in [6.45, 7) is 0.605. The van der Waals surface area contributed by atoms with Gasteiger partial charge in [-0.2, -0.15) is 0 Å². The molecule has 0 unspecified atom stereocenters. The van der Waals surface area contributed by atoms with Crippen molar-refractivity contribution in [3.05, 3.63) is 22.8 Å². The lowest BCUT2D eigenvalue weighted by molar-refractivity contribution is 0.0696. The lowest BCUT2D eigenvalue weighted by atomic mass is 10.1. The van der Waals surface area contributed by atoms with Crippen LogP contribution in [0.1, 0.15) is 36.0 Å². The third-order valence-electron chi connectivity index (χ3n) is 3.00. The quantitative estimate of drug-likeness (QED) is 0.899. The second-order valence-electron chi connectivity index (χ2n) is 4.27. The van der Waals surface area contributed by atoms with Crippen molar-refractivity contribution in [1.82, 2.24) is 4.98 Å². The highest BCUT2D eigenvalue weighted by Crippen LogP contribution is 2.26.